The second-order valence-electron chi connectivity index (χ2n) is 7.06. The Morgan fingerprint density at radius 1 is 1.15 bits per heavy atom. The fraction of sp³-hybridized carbons (Fsp3) is 0.875. The molecular formula is C16H25NO3. The number of amides is 1. The second-order valence-corrected chi connectivity index (χ2v) is 7.06. The van der Waals surface area contributed by atoms with Gasteiger partial charge in [0.2, 0.25) is 5.91 Å². The van der Waals surface area contributed by atoms with Crippen LogP contribution in [-0.4, -0.2) is 22.5 Å². The first kappa shape index (κ1) is 13.9. The zero-order valence-electron chi connectivity index (χ0n) is 12.4. The molecule has 3 fully saturated rings. The Kier molecular flexibility index (Phi) is 3.30. The summed E-state index contributed by atoms with van der Waals surface area (Å²) in [6.07, 6.45) is 5.32. The highest BCUT2D eigenvalue weighted by atomic mass is 16.4. The van der Waals surface area contributed by atoms with E-state index in [0.717, 1.165) is 11.8 Å². The first-order chi connectivity index (χ1) is 9.51. The molecule has 2 N–H and O–H groups in total. The predicted octanol–water partition coefficient (Wildman–Crippen LogP) is 2.43. The number of rotatable bonds is 6. The standard InChI is InChI=1S/C16H25NO3/c1-3-16(4-2,8-11(18)19)17-15(20)14-12-9-5-6-10(7-9)13(12)14/h9-10,12-14H,3-8H2,1-2H3,(H,17,20)(H,18,19). The Morgan fingerprint density at radius 2 is 1.70 bits per heavy atom. The van der Waals surface area contributed by atoms with Crippen molar-refractivity contribution in [1.29, 1.82) is 0 Å². The van der Waals surface area contributed by atoms with Crippen LogP contribution in [0.5, 0.6) is 0 Å². The minimum Gasteiger partial charge on any atom is -0.481 e. The third-order valence-corrected chi connectivity index (χ3v) is 6.27. The number of carbonyl (C=O) groups is 2. The molecule has 2 bridgehead atoms. The summed E-state index contributed by atoms with van der Waals surface area (Å²) in [5, 5.41) is 12.2. The Bertz CT molecular complexity index is 413. The minimum absolute atomic E-state index is 0.0284. The van der Waals surface area contributed by atoms with Gasteiger partial charge < -0.3 is 10.4 Å². The summed E-state index contributed by atoms with van der Waals surface area (Å²) in [7, 11) is 0. The van der Waals surface area contributed by atoms with Crippen LogP contribution in [0.15, 0.2) is 0 Å². The van der Waals surface area contributed by atoms with Crippen molar-refractivity contribution in [2.24, 2.45) is 29.6 Å². The van der Waals surface area contributed by atoms with Gasteiger partial charge in [0, 0.05) is 11.5 Å². The predicted molar refractivity (Wildman–Crippen MR) is 75.0 cm³/mol. The van der Waals surface area contributed by atoms with Crippen molar-refractivity contribution in [1.82, 2.24) is 5.32 Å². The number of hydrogen-bond acceptors (Lipinski definition) is 2. The van der Waals surface area contributed by atoms with Crippen molar-refractivity contribution in [3.8, 4) is 0 Å². The maximum absolute atomic E-state index is 12.5. The second kappa shape index (κ2) is 4.74. The van der Waals surface area contributed by atoms with Gasteiger partial charge in [-0.15, -0.1) is 0 Å². The van der Waals surface area contributed by atoms with Crippen molar-refractivity contribution in [3.05, 3.63) is 0 Å². The summed E-state index contributed by atoms with van der Waals surface area (Å²) in [5.41, 5.74) is -0.557. The molecule has 3 aliphatic rings. The van der Waals surface area contributed by atoms with Crippen molar-refractivity contribution in [3.63, 3.8) is 0 Å². The summed E-state index contributed by atoms with van der Waals surface area (Å²) >= 11 is 0. The van der Waals surface area contributed by atoms with Crippen LogP contribution in [0.4, 0.5) is 0 Å². The zero-order chi connectivity index (χ0) is 14.5. The molecule has 0 heterocycles. The molecule has 0 saturated heterocycles. The van der Waals surface area contributed by atoms with Crippen LogP contribution >= 0.6 is 0 Å². The normalized spacial score (nSPS) is 37.6. The van der Waals surface area contributed by atoms with Crippen molar-refractivity contribution in [2.75, 3.05) is 0 Å². The molecule has 112 valence electrons. The lowest BCUT2D eigenvalue weighted by Crippen LogP contribution is -2.50. The number of aliphatic carboxylic acids is 1. The van der Waals surface area contributed by atoms with E-state index in [1.807, 2.05) is 13.8 Å². The maximum atomic E-state index is 12.5. The molecule has 3 aliphatic carbocycles. The van der Waals surface area contributed by atoms with Gasteiger partial charge in [0.25, 0.3) is 0 Å². The SMILES string of the molecule is CCC(CC)(CC(=O)O)NC(=O)C1C2C3CCC(C3)C12. The van der Waals surface area contributed by atoms with Gasteiger partial charge in [-0.05, 0) is 55.8 Å². The minimum atomic E-state index is -0.829. The summed E-state index contributed by atoms with van der Waals surface area (Å²) in [6, 6.07) is 0. The van der Waals surface area contributed by atoms with Crippen molar-refractivity contribution >= 4 is 11.9 Å². The van der Waals surface area contributed by atoms with Gasteiger partial charge in [0.05, 0.1) is 6.42 Å². The van der Waals surface area contributed by atoms with Gasteiger partial charge in [-0.1, -0.05) is 13.8 Å². The lowest BCUT2D eigenvalue weighted by Gasteiger charge is -2.32. The van der Waals surface area contributed by atoms with E-state index >= 15 is 0 Å². The largest absolute Gasteiger partial charge is 0.481 e. The lowest BCUT2D eigenvalue weighted by molar-refractivity contribution is -0.139. The van der Waals surface area contributed by atoms with Gasteiger partial charge in [-0.25, -0.2) is 0 Å². The van der Waals surface area contributed by atoms with Gasteiger partial charge in [-0.2, -0.15) is 0 Å². The Labute approximate surface area is 120 Å². The zero-order valence-corrected chi connectivity index (χ0v) is 12.4. The first-order valence-corrected chi connectivity index (χ1v) is 8.05. The van der Waals surface area contributed by atoms with Gasteiger partial charge in [0.15, 0.2) is 0 Å². The highest BCUT2D eigenvalue weighted by Crippen LogP contribution is 2.69. The number of carboxylic acid groups (broad SMARTS) is 1. The molecule has 0 aliphatic heterocycles. The summed E-state index contributed by atoms with van der Waals surface area (Å²) in [6.45, 7) is 3.92. The fourth-order valence-corrected chi connectivity index (χ4v) is 5.03. The van der Waals surface area contributed by atoms with E-state index in [-0.39, 0.29) is 18.2 Å². The quantitative estimate of drug-likeness (QED) is 0.784. The molecule has 1 amide bonds. The third kappa shape index (κ3) is 2.04. The lowest BCUT2D eigenvalue weighted by atomic mass is 9.88. The van der Waals surface area contributed by atoms with Crippen LogP contribution in [0.2, 0.25) is 0 Å². The van der Waals surface area contributed by atoms with Crippen LogP contribution in [0.25, 0.3) is 0 Å². The van der Waals surface area contributed by atoms with E-state index in [1.54, 1.807) is 0 Å². The van der Waals surface area contributed by atoms with Crippen LogP contribution < -0.4 is 5.32 Å². The van der Waals surface area contributed by atoms with E-state index in [1.165, 1.54) is 19.3 Å². The molecule has 0 aromatic carbocycles. The fourth-order valence-electron chi connectivity index (χ4n) is 5.03. The van der Waals surface area contributed by atoms with Crippen LogP contribution in [0.3, 0.4) is 0 Å². The molecular weight excluding hydrogens is 254 g/mol. The van der Waals surface area contributed by atoms with Crippen molar-refractivity contribution < 1.29 is 14.7 Å². The van der Waals surface area contributed by atoms with E-state index in [4.69, 9.17) is 5.11 Å². The molecule has 3 saturated carbocycles. The summed E-state index contributed by atoms with van der Waals surface area (Å²) in [4.78, 5) is 23.6. The molecule has 0 spiro atoms. The Balaban J connectivity index is 1.65. The van der Waals surface area contributed by atoms with E-state index in [9.17, 15) is 9.59 Å². The van der Waals surface area contributed by atoms with Gasteiger partial charge in [-0.3, -0.25) is 9.59 Å². The average molecular weight is 279 g/mol. The molecule has 3 rings (SSSR count). The molecule has 4 atom stereocenters. The third-order valence-electron chi connectivity index (χ3n) is 6.27. The van der Waals surface area contributed by atoms with E-state index in [0.29, 0.717) is 24.7 Å². The number of hydrogen-bond donors (Lipinski definition) is 2. The first-order valence-electron chi connectivity index (χ1n) is 8.05. The average Bonchev–Trinajstić information content (AvgIpc) is 2.87. The van der Waals surface area contributed by atoms with Crippen LogP contribution in [0.1, 0.15) is 52.4 Å². The Morgan fingerprint density at radius 3 is 2.15 bits per heavy atom. The molecule has 4 heteroatoms. The molecule has 0 aromatic rings. The highest BCUT2D eigenvalue weighted by Gasteiger charge is 2.67. The monoisotopic (exact) mass is 279 g/mol. The molecule has 0 radical (unpaired) electrons. The number of carboxylic acids is 1. The number of nitrogens with one attached hydrogen (secondary N) is 1. The molecule has 0 aromatic heterocycles. The maximum Gasteiger partial charge on any atom is 0.305 e. The number of carbonyl (C=O) groups excluding carboxylic acids is 1. The molecule has 4 nitrogen and oxygen atoms in total. The Hall–Kier alpha value is -1.06. The topological polar surface area (TPSA) is 66.4 Å². The molecule has 4 unspecified atom stereocenters. The van der Waals surface area contributed by atoms with Gasteiger partial charge in [0.1, 0.15) is 0 Å². The smallest absolute Gasteiger partial charge is 0.305 e. The van der Waals surface area contributed by atoms with Crippen LogP contribution in [-0.2, 0) is 9.59 Å². The van der Waals surface area contributed by atoms with Crippen LogP contribution in [0, 0.1) is 29.6 Å². The van der Waals surface area contributed by atoms with Crippen molar-refractivity contribution in [2.45, 2.75) is 57.9 Å². The molecule has 20 heavy (non-hydrogen) atoms. The van der Waals surface area contributed by atoms with E-state index < -0.39 is 11.5 Å². The highest BCUT2D eigenvalue weighted by molar-refractivity contribution is 5.84. The van der Waals surface area contributed by atoms with E-state index in [2.05, 4.69) is 5.32 Å². The number of fused-ring (bicyclic) bond motifs is 5. The summed E-state index contributed by atoms with van der Waals surface area (Å²) < 4.78 is 0. The van der Waals surface area contributed by atoms with Gasteiger partial charge >= 0.3 is 5.97 Å². The summed E-state index contributed by atoms with van der Waals surface area (Å²) in [5.74, 6) is 2.27.